The minimum Gasteiger partial charge on any atom is -0.493 e. The lowest BCUT2D eigenvalue weighted by molar-refractivity contribution is 0.0681. The Morgan fingerprint density at radius 2 is 2.00 bits per heavy atom. The average molecular weight is 333 g/mol. The first-order valence-electron chi connectivity index (χ1n) is 7.41. The van der Waals surface area contributed by atoms with Crippen LogP contribution >= 0.6 is 11.5 Å². The molecular weight excluding hydrogens is 314 g/mol. The van der Waals surface area contributed by atoms with Gasteiger partial charge < -0.3 is 14.4 Å². The maximum Gasteiger partial charge on any atom is 0.268 e. The Balaban J connectivity index is 1.96. The predicted octanol–water partition coefficient (Wildman–Crippen LogP) is 2.62. The van der Waals surface area contributed by atoms with E-state index in [1.165, 1.54) is 5.56 Å². The predicted molar refractivity (Wildman–Crippen MR) is 87.3 cm³/mol. The Labute approximate surface area is 139 Å². The van der Waals surface area contributed by atoms with E-state index in [9.17, 15) is 4.79 Å². The van der Waals surface area contributed by atoms with Gasteiger partial charge in [-0.1, -0.05) is 4.49 Å². The monoisotopic (exact) mass is 333 g/mol. The quantitative estimate of drug-likeness (QED) is 0.864. The van der Waals surface area contributed by atoms with Crippen molar-refractivity contribution in [3.63, 3.8) is 0 Å². The fourth-order valence-electron chi connectivity index (χ4n) is 2.98. The summed E-state index contributed by atoms with van der Waals surface area (Å²) in [7, 11) is 3.25. The highest BCUT2D eigenvalue weighted by Crippen LogP contribution is 2.38. The highest BCUT2D eigenvalue weighted by Gasteiger charge is 2.31. The number of fused-ring (bicyclic) bond motifs is 1. The van der Waals surface area contributed by atoms with Crippen molar-refractivity contribution in [2.45, 2.75) is 26.3 Å². The molecule has 2 heterocycles. The van der Waals surface area contributed by atoms with E-state index in [-0.39, 0.29) is 11.9 Å². The lowest BCUT2D eigenvalue weighted by Gasteiger charge is -2.35. The molecule has 6 nitrogen and oxygen atoms in total. The average Bonchev–Trinajstić information content (AvgIpc) is 2.99. The molecule has 0 unspecified atom stereocenters. The number of methoxy groups -OCH3 is 2. The van der Waals surface area contributed by atoms with E-state index in [1.807, 2.05) is 30.9 Å². The maximum atomic E-state index is 12.8. The molecule has 23 heavy (non-hydrogen) atoms. The summed E-state index contributed by atoms with van der Waals surface area (Å²) in [6.07, 6.45) is 0.789. The Bertz CT molecular complexity index is 744. The van der Waals surface area contributed by atoms with Gasteiger partial charge in [0.2, 0.25) is 0 Å². The second kappa shape index (κ2) is 6.16. The number of hydrogen-bond acceptors (Lipinski definition) is 6. The van der Waals surface area contributed by atoms with Gasteiger partial charge in [0.15, 0.2) is 11.5 Å². The number of aryl methyl sites for hydroxylation is 1. The highest BCUT2D eigenvalue weighted by molar-refractivity contribution is 7.07. The number of aromatic nitrogens is 2. The molecule has 1 aliphatic rings. The number of amides is 1. The molecule has 2 aromatic rings. The van der Waals surface area contributed by atoms with Gasteiger partial charge in [0, 0.05) is 6.54 Å². The fourth-order valence-corrected chi connectivity index (χ4v) is 3.59. The van der Waals surface area contributed by atoms with E-state index in [0.717, 1.165) is 29.3 Å². The molecule has 1 aromatic heterocycles. The second-order valence-corrected chi connectivity index (χ2v) is 6.27. The van der Waals surface area contributed by atoms with E-state index in [2.05, 4.69) is 9.59 Å². The van der Waals surface area contributed by atoms with Gasteiger partial charge in [-0.25, -0.2) is 0 Å². The molecule has 0 N–H and O–H groups in total. The Kier molecular flexibility index (Phi) is 4.21. The van der Waals surface area contributed by atoms with Crippen LogP contribution in [0.1, 0.15) is 39.5 Å². The summed E-state index contributed by atoms with van der Waals surface area (Å²) < 4.78 is 14.6. The molecule has 0 spiro atoms. The molecule has 0 aliphatic carbocycles. The summed E-state index contributed by atoms with van der Waals surface area (Å²) in [6.45, 7) is 4.51. The number of carbonyl (C=O) groups excluding carboxylic acids is 1. The van der Waals surface area contributed by atoms with E-state index in [1.54, 1.807) is 14.2 Å². The van der Waals surface area contributed by atoms with Crippen molar-refractivity contribution in [1.82, 2.24) is 14.5 Å². The molecule has 0 bridgehead atoms. The topological polar surface area (TPSA) is 64.6 Å². The molecule has 0 saturated heterocycles. The van der Waals surface area contributed by atoms with Gasteiger partial charge in [-0.15, -0.1) is 5.10 Å². The summed E-state index contributed by atoms with van der Waals surface area (Å²) in [6, 6.07) is 3.94. The van der Waals surface area contributed by atoms with Crippen molar-refractivity contribution in [2.24, 2.45) is 0 Å². The number of hydrogen-bond donors (Lipinski definition) is 0. The van der Waals surface area contributed by atoms with Gasteiger partial charge in [0.25, 0.3) is 5.91 Å². The van der Waals surface area contributed by atoms with Gasteiger partial charge in [-0.3, -0.25) is 4.79 Å². The normalized spacial score (nSPS) is 16.9. The molecular formula is C16H19N3O3S. The second-order valence-electron chi connectivity index (χ2n) is 5.52. The van der Waals surface area contributed by atoms with Crippen LogP contribution in [0, 0.1) is 6.92 Å². The minimum absolute atomic E-state index is 0.00886. The molecule has 122 valence electrons. The van der Waals surface area contributed by atoms with Crippen LogP contribution in [0.25, 0.3) is 0 Å². The standard InChI is InChI=1S/C16H19N3O3S/c1-9-15(23-18-17-9)16(20)19-6-5-11-7-13(21-3)14(22-4)8-12(11)10(19)2/h7-8,10H,5-6H2,1-4H3/t10-/m0/s1. The number of benzene rings is 1. The third kappa shape index (κ3) is 2.65. The van der Waals surface area contributed by atoms with Crippen LogP contribution in [0.4, 0.5) is 0 Å². The highest BCUT2D eigenvalue weighted by atomic mass is 32.1. The van der Waals surface area contributed by atoms with E-state index in [0.29, 0.717) is 22.9 Å². The number of rotatable bonds is 3. The van der Waals surface area contributed by atoms with Gasteiger partial charge in [-0.05, 0) is 55.1 Å². The first-order chi connectivity index (χ1) is 11.1. The summed E-state index contributed by atoms with van der Waals surface area (Å²) in [4.78, 5) is 15.3. The molecule has 7 heteroatoms. The van der Waals surface area contributed by atoms with Crippen LogP contribution in [0.3, 0.4) is 0 Å². The molecule has 0 fully saturated rings. The van der Waals surface area contributed by atoms with Gasteiger partial charge in [-0.2, -0.15) is 0 Å². The first kappa shape index (κ1) is 15.7. The van der Waals surface area contributed by atoms with Gasteiger partial charge in [0.05, 0.1) is 26.0 Å². The molecule has 3 rings (SSSR count). The number of carbonyl (C=O) groups is 1. The summed E-state index contributed by atoms with van der Waals surface area (Å²) in [5, 5.41) is 3.94. The van der Waals surface area contributed by atoms with Gasteiger partial charge >= 0.3 is 0 Å². The zero-order chi connectivity index (χ0) is 16.6. The van der Waals surface area contributed by atoms with E-state index >= 15 is 0 Å². The smallest absolute Gasteiger partial charge is 0.268 e. The van der Waals surface area contributed by atoms with Crippen molar-refractivity contribution in [2.75, 3.05) is 20.8 Å². The van der Waals surface area contributed by atoms with Crippen LogP contribution in [-0.2, 0) is 6.42 Å². The number of nitrogens with zero attached hydrogens (tertiary/aromatic N) is 3. The van der Waals surface area contributed by atoms with Crippen LogP contribution in [0.2, 0.25) is 0 Å². The zero-order valence-corrected chi connectivity index (χ0v) is 14.4. The Hall–Kier alpha value is -2.15. The molecule has 1 amide bonds. The van der Waals surface area contributed by atoms with E-state index in [4.69, 9.17) is 9.47 Å². The number of ether oxygens (including phenoxy) is 2. The fraction of sp³-hybridized carbons (Fsp3) is 0.438. The van der Waals surface area contributed by atoms with Crippen LogP contribution in [0.5, 0.6) is 11.5 Å². The zero-order valence-electron chi connectivity index (χ0n) is 13.6. The van der Waals surface area contributed by atoms with Crippen molar-refractivity contribution in [1.29, 1.82) is 0 Å². The van der Waals surface area contributed by atoms with Crippen molar-refractivity contribution < 1.29 is 14.3 Å². The summed E-state index contributed by atoms with van der Waals surface area (Å²) in [5.74, 6) is 1.40. The minimum atomic E-state index is -0.0347. The third-order valence-corrected chi connectivity index (χ3v) is 5.11. The third-order valence-electron chi connectivity index (χ3n) is 4.29. The van der Waals surface area contributed by atoms with Crippen LogP contribution in [0.15, 0.2) is 12.1 Å². The summed E-state index contributed by atoms with van der Waals surface area (Å²) >= 11 is 1.15. The van der Waals surface area contributed by atoms with Gasteiger partial charge in [0.1, 0.15) is 4.88 Å². The summed E-state index contributed by atoms with van der Waals surface area (Å²) in [5.41, 5.74) is 2.97. The molecule has 0 saturated carbocycles. The molecule has 1 aromatic carbocycles. The molecule has 1 atom stereocenters. The van der Waals surface area contributed by atoms with Crippen molar-refractivity contribution in [3.8, 4) is 11.5 Å². The van der Waals surface area contributed by atoms with E-state index < -0.39 is 0 Å². The Morgan fingerprint density at radius 3 is 2.61 bits per heavy atom. The lowest BCUT2D eigenvalue weighted by atomic mass is 9.92. The molecule has 1 aliphatic heterocycles. The SMILES string of the molecule is COc1cc2c(cc1OC)[C@H](C)N(C(=O)c1snnc1C)CC2. The first-order valence-corrected chi connectivity index (χ1v) is 8.18. The van der Waals surface area contributed by atoms with Crippen molar-refractivity contribution >= 4 is 17.4 Å². The lowest BCUT2D eigenvalue weighted by Crippen LogP contribution is -2.38. The molecule has 0 radical (unpaired) electrons. The van der Waals surface area contributed by atoms with Crippen molar-refractivity contribution in [3.05, 3.63) is 33.8 Å². The van der Waals surface area contributed by atoms with Crippen LogP contribution < -0.4 is 9.47 Å². The maximum absolute atomic E-state index is 12.8. The Morgan fingerprint density at radius 1 is 1.30 bits per heavy atom. The largest absolute Gasteiger partial charge is 0.493 e. The van der Waals surface area contributed by atoms with Crippen LogP contribution in [-0.4, -0.2) is 41.2 Å².